The van der Waals surface area contributed by atoms with Gasteiger partial charge < -0.3 is 14.8 Å². The van der Waals surface area contributed by atoms with Gasteiger partial charge in [0, 0.05) is 13.2 Å². The maximum atomic E-state index is 5.53. The Morgan fingerprint density at radius 2 is 1.81 bits per heavy atom. The van der Waals surface area contributed by atoms with Crippen molar-refractivity contribution in [2.75, 3.05) is 20.8 Å². The van der Waals surface area contributed by atoms with Crippen LogP contribution in [0.3, 0.4) is 0 Å². The van der Waals surface area contributed by atoms with Gasteiger partial charge in [-0.1, -0.05) is 19.1 Å². The van der Waals surface area contributed by atoms with Crippen LogP contribution >= 0.6 is 0 Å². The molecule has 0 aliphatic heterocycles. The molecule has 3 heteroatoms. The van der Waals surface area contributed by atoms with Gasteiger partial charge >= 0.3 is 0 Å². The molecule has 0 aliphatic carbocycles. The molecule has 1 atom stereocenters. The van der Waals surface area contributed by atoms with Gasteiger partial charge in [-0.15, -0.1) is 0 Å². The third-order valence-corrected chi connectivity index (χ3v) is 3.97. The highest BCUT2D eigenvalue weighted by molar-refractivity contribution is 5.27. The summed E-state index contributed by atoms with van der Waals surface area (Å²) >= 11 is 0. The van der Waals surface area contributed by atoms with Crippen molar-refractivity contribution in [3.05, 3.63) is 29.8 Å². The third-order valence-electron chi connectivity index (χ3n) is 3.97. The van der Waals surface area contributed by atoms with E-state index in [-0.39, 0.29) is 5.60 Å². The molecule has 1 unspecified atom stereocenters. The van der Waals surface area contributed by atoms with E-state index in [0.717, 1.165) is 38.0 Å². The van der Waals surface area contributed by atoms with E-state index in [1.165, 1.54) is 5.56 Å². The summed E-state index contributed by atoms with van der Waals surface area (Å²) in [6, 6.07) is 8.87. The van der Waals surface area contributed by atoms with Gasteiger partial charge in [-0.25, -0.2) is 0 Å². The van der Waals surface area contributed by atoms with Gasteiger partial charge in [-0.05, 0) is 63.8 Å². The number of nitrogens with one attached hydrogen (secondary N) is 1. The van der Waals surface area contributed by atoms with Crippen molar-refractivity contribution in [1.29, 1.82) is 0 Å². The van der Waals surface area contributed by atoms with E-state index < -0.39 is 0 Å². The summed E-state index contributed by atoms with van der Waals surface area (Å²) in [5, 5.41) is 3.66. The van der Waals surface area contributed by atoms with Gasteiger partial charge in [0.15, 0.2) is 0 Å². The lowest BCUT2D eigenvalue weighted by Gasteiger charge is -2.26. The number of hydrogen-bond donors (Lipinski definition) is 1. The Labute approximate surface area is 130 Å². The molecule has 1 aromatic rings. The molecule has 0 spiro atoms. The first-order valence-corrected chi connectivity index (χ1v) is 7.92. The number of benzene rings is 1. The predicted octanol–water partition coefficient (Wildman–Crippen LogP) is 3.81. The number of ether oxygens (including phenoxy) is 2. The Hall–Kier alpha value is -1.06. The molecule has 0 heterocycles. The average molecular weight is 293 g/mol. The monoisotopic (exact) mass is 293 g/mol. The van der Waals surface area contributed by atoms with E-state index in [9.17, 15) is 0 Å². The average Bonchev–Trinajstić information content (AvgIpc) is 2.50. The molecule has 21 heavy (non-hydrogen) atoms. The van der Waals surface area contributed by atoms with Crippen LogP contribution in [0.2, 0.25) is 0 Å². The Bertz CT molecular complexity index is 387. The molecule has 120 valence electrons. The quantitative estimate of drug-likeness (QED) is 0.711. The van der Waals surface area contributed by atoms with E-state index in [1.807, 2.05) is 12.1 Å². The fourth-order valence-electron chi connectivity index (χ4n) is 2.29. The normalized spacial score (nSPS) is 13.2. The summed E-state index contributed by atoms with van der Waals surface area (Å²) in [5.74, 6) is 0.914. The molecule has 0 fully saturated rings. The first kappa shape index (κ1) is 18.0. The van der Waals surface area contributed by atoms with Crippen LogP contribution in [-0.2, 0) is 11.2 Å². The molecule has 1 rings (SSSR count). The maximum Gasteiger partial charge on any atom is 0.118 e. The standard InChI is InChI=1S/C18H31NO2/c1-6-13-19-16(11-12-18(2,3)21-5)14-15-7-9-17(20-4)10-8-15/h7-10,16,19H,6,11-14H2,1-5H3. The van der Waals surface area contributed by atoms with Gasteiger partial charge in [0.05, 0.1) is 12.7 Å². The maximum absolute atomic E-state index is 5.53. The second-order valence-corrected chi connectivity index (χ2v) is 6.21. The molecule has 0 amide bonds. The number of methoxy groups -OCH3 is 2. The summed E-state index contributed by atoms with van der Waals surface area (Å²) in [5.41, 5.74) is 1.30. The van der Waals surface area contributed by atoms with Crippen molar-refractivity contribution in [1.82, 2.24) is 5.32 Å². The second kappa shape index (κ2) is 9.06. The molecular formula is C18H31NO2. The van der Waals surface area contributed by atoms with Crippen LogP contribution in [0.25, 0.3) is 0 Å². The fraction of sp³-hybridized carbons (Fsp3) is 0.667. The van der Waals surface area contributed by atoms with Gasteiger partial charge in [0.25, 0.3) is 0 Å². The summed E-state index contributed by atoms with van der Waals surface area (Å²) < 4.78 is 10.7. The van der Waals surface area contributed by atoms with Crippen molar-refractivity contribution in [3.8, 4) is 5.75 Å². The zero-order valence-electron chi connectivity index (χ0n) is 14.2. The van der Waals surface area contributed by atoms with Gasteiger partial charge in [-0.2, -0.15) is 0 Å². The minimum Gasteiger partial charge on any atom is -0.497 e. The van der Waals surface area contributed by atoms with Crippen molar-refractivity contribution in [2.45, 2.75) is 58.1 Å². The smallest absolute Gasteiger partial charge is 0.118 e. The molecule has 0 radical (unpaired) electrons. The molecule has 3 nitrogen and oxygen atoms in total. The van der Waals surface area contributed by atoms with Crippen molar-refractivity contribution < 1.29 is 9.47 Å². The molecule has 1 N–H and O–H groups in total. The second-order valence-electron chi connectivity index (χ2n) is 6.21. The van der Waals surface area contributed by atoms with E-state index in [1.54, 1.807) is 14.2 Å². The van der Waals surface area contributed by atoms with E-state index in [4.69, 9.17) is 9.47 Å². The van der Waals surface area contributed by atoms with Crippen LogP contribution in [0.5, 0.6) is 5.75 Å². The Kier molecular flexibility index (Phi) is 7.76. The van der Waals surface area contributed by atoms with Gasteiger partial charge in [-0.3, -0.25) is 0 Å². The number of rotatable bonds is 10. The highest BCUT2D eigenvalue weighted by atomic mass is 16.5. The van der Waals surface area contributed by atoms with E-state index in [2.05, 4.69) is 38.2 Å². The van der Waals surface area contributed by atoms with E-state index >= 15 is 0 Å². The van der Waals surface area contributed by atoms with Crippen LogP contribution in [0.15, 0.2) is 24.3 Å². The van der Waals surface area contributed by atoms with Crippen LogP contribution in [0, 0.1) is 0 Å². The molecule has 0 saturated carbocycles. The minimum atomic E-state index is -0.0496. The molecule has 0 bridgehead atoms. The third kappa shape index (κ3) is 6.96. The van der Waals surface area contributed by atoms with Crippen LogP contribution < -0.4 is 10.1 Å². The first-order valence-electron chi connectivity index (χ1n) is 7.92. The van der Waals surface area contributed by atoms with Gasteiger partial charge in [0.2, 0.25) is 0 Å². The fourth-order valence-corrected chi connectivity index (χ4v) is 2.29. The summed E-state index contributed by atoms with van der Waals surface area (Å²) in [7, 11) is 3.49. The molecule has 0 saturated heterocycles. The predicted molar refractivity (Wildman–Crippen MR) is 89.1 cm³/mol. The minimum absolute atomic E-state index is 0.0496. The van der Waals surface area contributed by atoms with Crippen molar-refractivity contribution in [3.63, 3.8) is 0 Å². The van der Waals surface area contributed by atoms with Crippen molar-refractivity contribution in [2.24, 2.45) is 0 Å². The first-order chi connectivity index (χ1) is 10.0. The van der Waals surface area contributed by atoms with Crippen LogP contribution in [0.4, 0.5) is 0 Å². The molecule has 0 aromatic heterocycles. The molecular weight excluding hydrogens is 262 g/mol. The topological polar surface area (TPSA) is 30.5 Å². The Morgan fingerprint density at radius 1 is 1.14 bits per heavy atom. The van der Waals surface area contributed by atoms with Crippen molar-refractivity contribution >= 4 is 0 Å². The molecule has 0 aliphatic rings. The lowest BCUT2D eigenvalue weighted by Crippen LogP contribution is -2.34. The zero-order valence-corrected chi connectivity index (χ0v) is 14.2. The highest BCUT2D eigenvalue weighted by Crippen LogP contribution is 2.19. The van der Waals surface area contributed by atoms with Crippen LogP contribution in [-0.4, -0.2) is 32.4 Å². The Balaban J connectivity index is 2.59. The zero-order chi connectivity index (χ0) is 15.7. The van der Waals surface area contributed by atoms with Gasteiger partial charge in [0.1, 0.15) is 5.75 Å². The Morgan fingerprint density at radius 3 is 2.33 bits per heavy atom. The number of hydrogen-bond acceptors (Lipinski definition) is 3. The lowest BCUT2D eigenvalue weighted by atomic mass is 9.95. The molecule has 1 aromatic carbocycles. The largest absolute Gasteiger partial charge is 0.497 e. The summed E-state index contributed by atoms with van der Waals surface area (Å²) in [4.78, 5) is 0. The van der Waals surface area contributed by atoms with E-state index in [0.29, 0.717) is 6.04 Å². The highest BCUT2D eigenvalue weighted by Gasteiger charge is 2.19. The lowest BCUT2D eigenvalue weighted by molar-refractivity contribution is 0.0117. The summed E-state index contributed by atoms with van der Waals surface area (Å²) in [6.07, 6.45) is 4.38. The van der Waals surface area contributed by atoms with Crippen LogP contribution in [0.1, 0.15) is 45.6 Å². The summed E-state index contributed by atoms with van der Waals surface area (Å²) in [6.45, 7) is 7.57. The SMILES string of the molecule is CCCNC(CCC(C)(C)OC)Cc1ccc(OC)cc1.